The molecule has 0 radical (unpaired) electrons. The van der Waals surface area contributed by atoms with Crippen LogP contribution in [0.15, 0.2) is 66.6 Å². The normalized spacial score (nSPS) is 16.7. The third kappa shape index (κ3) is 5.40. The molecular weight excluding hydrogens is 520 g/mol. The lowest BCUT2D eigenvalue weighted by molar-refractivity contribution is 0.0137. The first kappa shape index (κ1) is 26.6. The van der Waals surface area contributed by atoms with Crippen molar-refractivity contribution in [2.24, 2.45) is 0 Å². The fourth-order valence-corrected chi connectivity index (χ4v) is 5.14. The number of Topliss-reactive ketones (excluding diaryl/α,β-unsaturated/α-hetero) is 1. The van der Waals surface area contributed by atoms with E-state index in [1.54, 1.807) is 17.0 Å². The maximum atomic E-state index is 13.3. The molecule has 0 unspecified atom stereocenters. The molecule has 0 saturated carbocycles. The first-order valence-electron chi connectivity index (χ1n) is 13.7. The standard InChI is InChI=1S/C32H32N4O5/c1-32(2,3)41-31(39)36-15-13-35(14-16-36)19-24-26(37)12-10-23-28(38)27(40-29(23)24)17-21-18-33-30-22(21)9-11-25(34-30)20-7-5-4-6-8-20/h4-12,17-18,37H,13-16,19H2,1-3H3,(H,33,34). The van der Waals surface area contributed by atoms with Crippen LogP contribution in [0.25, 0.3) is 28.4 Å². The summed E-state index contributed by atoms with van der Waals surface area (Å²) in [5.74, 6) is 0.395. The Morgan fingerprint density at radius 2 is 1.83 bits per heavy atom. The van der Waals surface area contributed by atoms with Gasteiger partial charge in [-0.25, -0.2) is 9.78 Å². The van der Waals surface area contributed by atoms with Crippen molar-refractivity contribution in [1.82, 2.24) is 19.8 Å². The number of H-pyrrole nitrogens is 1. The van der Waals surface area contributed by atoms with Gasteiger partial charge in [-0.15, -0.1) is 0 Å². The molecule has 1 amide bonds. The maximum absolute atomic E-state index is 13.3. The van der Waals surface area contributed by atoms with E-state index in [-0.39, 0.29) is 23.4 Å². The lowest BCUT2D eigenvalue weighted by Crippen LogP contribution is -2.49. The van der Waals surface area contributed by atoms with Crippen molar-refractivity contribution < 1.29 is 24.2 Å². The summed E-state index contributed by atoms with van der Waals surface area (Å²) >= 11 is 0. The van der Waals surface area contributed by atoms with E-state index in [1.165, 1.54) is 6.07 Å². The van der Waals surface area contributed by atoms with Crippen LogP contribution in [-0.4, -0.2) is 68.5 Å². The quantitative estimate of drug-likeness (QED) is 0.317. The molecule has 9 heteroatoms. The molecule has 210 valence electrons. The number of carbonyl (C=O) groups excluding carboxylic acids is 2. The zero-order valence-electron chi connectivity index (χ0n) is 23.3. The average molecular weight is 553 g/mol. The SMILES string of the molecule is CC(C)(C)OC(=O)N1CCN(Cc2c(O)ccc3c2OC(=Cc2c[nH]c4nc(-c5ccccc5)ccc24)C3=O)CC1. The summed E-state index contributed by atoms with van der Waals surface area (Å²) < 4.78 is 11.6. The fraction of sp³-hybridized carbons (Fsp3) is 0.281. The number of hydrogen-bond donors (Lipinski definition) is 2. The van der Waals surface area contributed by atoms with Gasteiger partial charge in [-0.1, -0.05) is 30.3 Å². The lowest BCUT2D eigenvalue weighted by atomic mass is 10.0. The van der Waals surface area contributed by atoms with E-state index in [9.17, 15) is 14.7 Å². The van der Waals surface area contributed by atoms with Crippen LogP contribution in [0.4, 0.5) is 4.79 Å². The van der Waals surface area contributed by atoms with Crippen molar-refractivity contribution >= 4 is 29.0 Å². The lowest BCUT2D eigenvalue weighted by Gasteiger charge is -2.35. The van der Waals surface area contributed by atoms with Crippen molar-refractivity contribution in [3.8, 4) is 22.8 Å². The zero-order chi connectivity index (χ0) is 28.7. The Morgan fingerprint density at radius 3 is 2.56 bits per heavy atom. The molecule has 4 heterocycles. The molecule has 2 aromatic heterocycles. The molecule has 2 N–H and O–H groups in total. The van der Waals surface area contributed by atoms with E-state index in [2.05, 4.69) is 9.88 Å². The number of benzene rings is 2. The Kier molecular flexibility index (Phi) is 6.75. The molecule has 0 spiro atoms. The monoisotopic (exact) mass is 552 g/mol. The Morgan fingerprint density at radius 1 is 1.07 bits per heavy atom. The predicted octanol–water partition coefficient (Wildman–Crippen LogP) is 5.60. The second-order valence-electron chi connectivity index (χ2n) is 11.3. The van der Waals surface area contributed by atoms with E-state index in [0.717, 1.165) is 22.2 Å². The third-order valence-electron chi connectivity index (χ3n) is 7.25. The van der Waals surface area contributed by atoms with Gasteiger partial charge in [0.25, 0.3) is 0 Å². The van der Waals surface area contributed by atoms with Gasteiger partial charge in [-0.05, 0) is 51.1 Å². The Bertz CT molecular complexity index is 1660. The number of aromatic nitrogens is 2. The van der Waals surface area contributed by atoms with E-state index in [4.69, 9.17) is 14.5 Å². The summed E-state index contributed by atoms with van der Waals surface area (Å²) in [6.07, 6.45) is 3.20. The van der Waals surface area contributed by atoms with Gasteiger partial charge in [0.2, 0.25) is 5.78 Å². The second kappa shape index (κ2) is 10.4. The summed E-state index contributed by atoms with van der Waals surface area (Å²) in [4.78, 5) is 37.5. The van der Waals surface area contributed by atoms with Gasteiger partial charge in [0.05, 0.1) is 16.8 Å². The van der Waals surface area contributed by atoms with Gasteiger partial charge in [0.1, 0.15) is 22.7 Å². The van der Waals surface area contributed by atoms with Gasteiger partial charge in [0, 0.05) is 55.4 Å². The number of aromatic amines is 1. The zero-order valence-corrected chi connectivity index (χ0v) is 23.3. The van der Waals surface area contributed by atoms with Crippen molar-refractivity contribution in [1.29, 1.82) is 0 Å². The number of ether oxygens (including phenoxy) is 2. The molecule has 2 aliphatic heterocycles. The maximum Gasteiger partial charge on any atom is 0.410 e. The van der Waals surface area contributed by atoms with E-state index >= 15 is 0 Å². The molecule has 9 nitrogen and oxygen atoms in total. The third-order valence-corrected chi connectivity index (χ3v) is 7.25. The highest BCUT2D eigenvalue weighted by atomic mass is 16.6. The van der Waals surface area contributed by atoms with Gasteiger partial charge < -0.3 is 24.5 Å². The summed E-state index contributed by atoms with van der Waals surface area (Å²) in [6, 6.07) is 17.0. The number of phenols is 1. The van der Waals surface area contributed by atoms with Gasteiger partial charge >= 0.3 is 6.09 Å². The van der Waals surface area contributed by atoms with Crippen molar-refractivity contribution in [2.45, 2.75) is 32.9 Å². The Labute approximate surface area is 238 Å². The number of rotatable bonds is 4. The van der Waals surface area contributed by atoms with Crippen LogP contribution >= 0.6 is 0 Å². The van der Waals surface area contributed by atoms with Crippen molar-refractivity contribution in [3.05, 3.63) is 83.2 Å². The minimum absolute atomic E-state index is 0.0668. The number of aromatic hydroxyl groups is 1. The highest BCUT2D eigenvalue weighted by Gasteiger charge is 2.33. The fourth-order valence-electron chi connectivity index (χ4n) is 5.14. The van der Waals surface area contributed by atoms with Crippen molar-refractivity contribution in [3.63, 3.8) is 0 Å². The molecule has 0 bridgehead atoms. The predicted molar refractivity (Wildman–Crippen MR) is 156 cm³/mol. The minimum Gasteiger partial charge on any atom is -0.507 e. The van der Waals surface area contributed by atoms with Crippen LogP contribution in [0, 0.1) is 0 Å². The molecule has 0 aliphatic carbocycles. The molecule has 4 aromatic rings. The largest absolute Gasteiger partial charge is 0.507 e. The number of nitrogens with zero attached hydrogens (tertiary/aromatic N) is 3. The van der Waals surface area contributed by atoms with Crippen molar-refractivity contribution in [2.75, 3.05) is 26.2 Å². The number of ketones is 1. The molecule has 6 rings (SSSR count). The number of allylic oxidation sites excluding steroid dienone is 1. The molecule has 0 atom stereocenters. The topological polar surface area (TPSA) is 108 Å². The number of phenolic OH excluding ortho intramolecular Hbond substituents is 1. The minimum atomic E-state index is -0.548. The summed E-state index contributed by atoms with van der Waals surface area (Å²) in [5.41, 5.74) is 3.80. The number of piperazine rings is 1. The number of carbonyl (C=O) groups is 2. The first-order chi connectivity index (χ1) is 19.7. The molecular formula is C32H32N4O5. The number of hydrogen-bond acceptors (Lipinski definition) is 7. The summed E-state index contributed by atoms with van der Waals surface area (Å²) in [7, 11) is 0. The molecule has 1 saturated heterocycles. The Hall–Kier alpha value is -4.63. The van der Waals surface area contributed by atoms with Crippen LogP contribution in [0.1, 0.15) is 42.3 Å². The number of pyridine rings is 1. The average Bonchev–Trinajstić information content (AvgIpc) is 3.50. The highest BCUT2D eigenvalue weighted by Crippen LogP contribution is 2.40. The van der Waals surface area contributed by atoms with Gasteiger partial charge in [-0.2, -0.15) is 0 Å². The van der Waals surface area contributed by atoms with Gasteiger partial charge in [0.15, 0.2) is 5.76 Å². The number of amides is 1. The second-order valence-corrected chi connectivity index (χ2v) is 11.3. The number of fused-ring (bicyclic) bond motifs is 2. The Balaban J connectivity index is 1.19. The number of nitrogens with one attached hydrogen (secondary N) is 1. The van der Waals surface area contributed by atoms with Crippen LogP contribution < -0.4 is 4.74 Å². The molecule has 2 aliphatic rings. The van der Waals surface area contributed by atoms with Gasteiger partial charge in [-0.3, -0.25) is 9.69 Å². The first-order valence-corrected chi connectivity index (χ1v) is 13.7. The van der Waals surface area contributed by atoms with Crippen LogP contribution in [-0.2, 0) is 11.3 Å². The smallest absolute Gasteiger partial charge is 0.410 e. The summed E-state index contributed by atoms with van der Waals surface area (Å²) in [6.45, 7) is 8.16. The molecule has 1 fully saturated rings. The van der Waals surface area contributed by atoms with E-state index < -0.39 is 5.60 Å². The van der Waals surface area contributed by atoms with Crippen LogP contribution in [0.3, 0.4) is 0 Å². The van der Waals surface area contributed by atoms with Crippen LogP contribution in [0.2, 0.25) is 0 Å². The highest BCUT2D eigenvalue weighted by molar-refractivity contribution is 6.15. The van der Waals surface area contributed by atoms with E-state index in [1.807, 2.05) is 69.4 Å². The molecule has 41 heavy (non-hydrogen) atoms. The molecule has 2 aromatic carbocycles. The summed E-state index contributed by atoms with van der Waals surface area (Å²) in [5, 5.41) is 11.6. The van der Waals surface area contributed by atoms with E-state index in [0.29, 0.717) is 55.2 Å². The van der Waals surface area contributed by atoms with Crippen LogP contribution in [0.5, 0.6) is 11.5 Å².